The number of nitrogens with zero attached hydrogens (tertiary/aromatic N) is 2. The molecule has 8 heteroatoms. The Morgan fingerprint density at radius 1 is 1.19 bits per heavy atom. The van der Waals surface area contributed by atoms with Crippen LogP contribution in [0, 0.1) is 6.92 Å². The normalized spacial score (nSPS) is 13.3. The lowest BCUT2D eigenvalue weighted by molar-refractivity contribution is -0.694. The zero-order valence-corrected chi connectivity index (χ0v) is 16.5. The second-order valence-corrected chi connectivity index (χ2v) is 7.83. The Labute approximate surface area is 158 Å². The topological polar surface area (TPSA) is 76.7 Å². The molecular weight excluding hydrogens is 372 g/mol. The molecular formula is C18H21N2O4S2+. The number of thioether (sulfide) groups is 1. The molecule has 1 aromatic carbocycles. The van der Waals surface area contributed by atoms with Crippen LogP contribution >= 0.6 is 11.8 Å². The summed E-state index contributed by atoms with van der Waals surface area (Å²) < 4.78 is 36.0. The van der Waals surface area contributed by atoms with Gasteiger partial charge in [-0.1, -0.05) is 23.8 Å². The highest BCUT2D eigenvalue weighted by Crippen LogP contribution is 2.19. The summed E-state index contributed by atoms with van der Waals surface area (Å²) in [6.07, 6.45) is 5.02. The van der Waals surface area contributed by atoms with Gasteiger partial charge in [-0.3, -0.25) is 0 Å². The molecule has 1 aromatic heterocycles. The van der Waals surface area contributed by atoms with Crippen LogP contribution in [0.1, 0.15) is 18.5 Å². The molecule has 0 aliphatic heterocycles. The van der Waals surface area contributed by atoms with Crippen molar-refractivity contribution in [2.45, 2.75) is 24.8 Å². The quantitative estimate of drug-likeness (QED) is 0.326. The Balaban J connectivity index is 2.51. The number of sulfonamides is 1. The van der Waals surface area contributed by atoms with Gasteiger partial charge in [0.25, 0.3) is 10.0 Å². The molecule has 0 fully saturated rings. The third-order valence-electron chi connectivity index (χ3n) is 3.52. The summed E-state index contributed by atoms with van der Waals surface area (Å²) in [5.41, 5.74) is 0.947. The summed E-state index contributed by atoms with van der Waals surface area (Å²) in [7, 11) is -3.94. The molecule has 1 heterocycles. The van der Waals surface area contributed by atoms with Crippen molar-refractivity contribution in [2.24, 2.45) is 4.40 Å². The van der Waals surface area contributed by atoms with Crippen LogP contribution in [0.15, 0.2) is 64.2 Å². The first-order chi connectivity index (χ1) is 12.4. The minimum absolute atomic E-state index is 0.0790. The van der Waals surface area contributed by atoms with Crippen LogP contribution in [0.4, 0.5) is 0 Å². The number of ether oxygens (including phenoxy) is 1. The molecule has 2 rings (SSSR count). The van der Waals surface area contributed by atoms with Crippen molar-refractivity contribution in [1.29, 1.82) is 0 Å². The average Bonchev–Trinajstić information content (AvgIpc) is 2.62. The van der Waals surface area contributed by atoms with Crippen LogP contribution in [0.5, 0.6) is 0 Å². The molecule has 0 spiro atoms. The summed E-state index contributed by atoms with van der Waals surface area (Å²) in [6.45, 7) is 3.76. The number of hydrogen-bond acceptors (Lipinski definition) is 5. The monoisotopic (exact) mass is 393 g/mol. The maximum atomic E-state index is 12.7. The molecule has 138 valence electrons. The summed E-state index contributed by atoms with van der Waals surface area (Å²) in [5.74, 6) is -0.559. The van der Waals surface area contributed by atoms with Crippen LogP contribution in [0.3, 0.4) is 0 Å². The SMILES string of the molecule is CCOC(=O)C(C(=NS(=O)(=O)c1ccc(C)cc1)SC)[n+]1ccccc1. The Hall–Kier alpha value is -2.19. The van der Waals surface area contributed by atoms with Crippen molar-refractivity contribution >= 4 is 32.8 Å². The van der Waals surface area contributed by atoms with Gasteiger partial charge in [0, 0.05) is 12.1 Å². The Kier molecular flexibility index (Phi) is 6.93. The van der Waals surface area contributed by atoms with E-state index in [9.17, 15) is 13.2 Å². The van der Waals surface area contributed by atoms with E-state index in [1.54, 1.807) is 60.5 Å². The summed E-state index contributed by atoms with van der Waals surface area (Å²) >= 11 is 1.10. The molecule has 0 radical (unpaired) electrons. The molecule has 0 amide bonds. The molecule has 0 saturated heterocycles. The van der Waals surface area contributed by atoms with E-state index in [1.807, 2.05) is 6.92 Å². The number of benzene rings is 1. The number of carbonyl (C=O) groups is 1. The predicted molar refractivity (Wildman–Crippen MR) is 102 cm³/mol. The lowest BCUT2D eigenvalue weighted by Gasteiger charge is -2.12. The van der Waals surface area contributed by atoms with E-state index in [0.29, 0.717) is 0 Å². The van der Waals surface area contributed by atoms with Crippen molar-refractivity contribution < 1.29 is 22.5 Å². The molecule has 0 saturated carbocycles. The number of esters is 1. The van der Waals surface area contributed by atoms with Crippen LogP contribution in [-0.4, -0.2) is 32.3 Å². The number of aryl methyl sites for hydroxylation is 1. The first kappa shape index (κ1) is 20.1. The van der Waals surface area contributed by atoms with E-state index in [0.717, 1.165) is 17.3 Å². The molecule has 0 aliphatic rings. The Morgan fingerprint density at radius 2 is 1.81 bits per heavy atom. The standard InChI is InChI=1S/C18H21N2O4S2/c1-4-24-18(21)16(20-12-6-5-7-13-20)17(25-3)19-26(22,23)15-10-8-14(2)9-11-15/h5-13,16H,4H2,1-3H3/q+1. The molecule has 1 atom stereocenters. The number of carbonyl (C=O) groups excluding carboxylic acids is 1. The highest BCUT2D eigenvalue weighted by atomic mass is 32.2. The first-order valence-electron chi connectivity index (χ1n) is 7.97. The molecule has 6 nitrogen and oxygen atoms in total. The molecule has 26 heavy (non-hydrogen) atoms. The summed E-state index contributed by atoms with van der Waals surface area (Å²) in [5, 5.41) is 0.139. The predicted octanol–water partition coefficient (Wildman–Crippen LogP) is 2.54. The van der Waals surface area contributed by atoms with Crippen LogP contribution in [0.25, 0.3) is 0 Å². The summed E-state index contributed by atoms with van der Waals surface area (Å²) in [4.78, 5) is 12.6. The van der Waals surface area contributed by atoms with E-state index >= 15 is 0 Å². The van der Waals surface area contributed by atoms with E-state index in [-0.39, 0.29) is 16.5 Å². The number of hydrogen-bond donors (Lipinski definition) is 0. The fourth-order valence-corrected chi connectivity index (χ4v) is 4.19. The lowest BCUT2D eigenvalue weighted by atomic mass is 10.2. The van der Waals surface area contributed by atoms with Gasteiger partial charge in [-0.25, -0.2) is 4.79 Å². The first-order valence-corrected chi connectivity index (χ1v) is 10.6. The van der Waals surface area contributed by atoms with Gasteiger partial charge in [0.15, 0.2) is 17.4 Å². The summed E-state index contributed by atoms with van der Waals surface area (Å²) in [6, 6.07) is 10.7. The van der Waals surface area contributed by atoms with Gasteiger partial charge in [-0.05, 0) is 32.2 Å². The number of rotatable bonds is 6. The minimum Gasteiger partial charge on any atom is -0.461 e. The van der Waals surface area contributed by atoms with Crippen LogP contribution < -0.4 is 4.57 Å². The third-order valence-corrected chi connectivity index (χ3v) is 5.67. The Bertz CT molecular complexity index is 879. The van der Waals surface area contributed by atoms with Crippen molar-refractivity contribution in [3.63, 3.8) is 0 Å². The van der Waals surface area contributed by atoms with E-state index in [1.165, 1.54) is 12.1 Å². The van der Waals surface area contributed by atoms with E-state index in [4.69, 9.17) is 4.74 Å². The number of pyridine rings is 1. The molecule has 2 aromatic rings. The zero-order valence-electron chi connectivity index (χ0n) is 14.8. The molecule has 0 bridgehead atoms. The fraction of sp³-hybridized carbons (Fsp3) is 0.278. The lowest BCUT2D eigenvalue weighted by Crippen LogP contribution is -2.48. The van der Waals surface area contributed by atoms with Crippen LogP contribution in [-0.2, 0) is 19.6 Å². The average molecular weight is 394 g/mol. The van der Waals surface area contributed by atoms with Crippen LogP contribution in [0.2, 0.25) is 0 Å². The van der Waals surface area contributed by atoms with E-state index in [2.05, 4.69) is 4.40 Å². The highest BCUT2D eigenvalue weighted by Gasteiger charge is 2.36. The van der Waals surface area contributed by atoms with Gasteiger partial charge < -0.3 is 4.74 Å². The third kappa shape index (κ3) is 4.92. The fourth-order valence-electron chi connectivity index (χ4n) is 2.24. The molecule has 0 aliphatic carbocycles. The van der Waals surface area contributed by atoms with Gasteiger partial charge in [0.1, 0.15) is 0 Å². The Morgan fingerprint density at radius 3 is 2.35 bits per heavy atom. The van der Waals surface area contributed by atoms with Gasteiger partial charge >= 0.3 is 12.0 Å². The van der Waals surface area contributed by atoms with Crippen molar-refractivity contribution in [3.8, 4) is 0 Å². The van der Waals surface area contributed by atoms with Gasteiger partial charge in [-0.2, -0.15) is 13.0 Å². The second kappa shape index (κ2) is 8.95. The van der Waals surface area contributed by atoms with Crippen molar-refractivity contribution in [1.82, 2.24) is 0 Å². The largest absolute Gasteiger partial charge is 0.461 e. The maximum absolute atomic E-state index is 12.7. The second-order valence-electron chi connectivity index (χ2n) is 5.40. The molecule has 0 N–H and O–H groups in total. The zero-order chi connectivity index (χ0) is 19.2. The highest BCUT2D eigenvalue weighted by molar-refractivity contribution is 8.14. The van der Waals surface area contributed by atoms with Gasteiger partial charge in [0.05, 0.1) is 11.5 Å². The maximum Gasteiger partial charge on any atom is 0.383 e. The smallest absolute Gasteiger partial charge is 0.383 e. The molecule has 1 unspecified atom stereocenters. The van der Waals surface area contributed by atoms with Gasteiger partial charge in [-0.15, -0.1) is 16.2 Å². The van der Waals surface area contributed by atoms with E-state index < -0.39 is 22.0 Å². The number of aromatic nitrogens is 1. The van der Waals surface area contributed by atoms with Crippen molar-refractivity contribution in [2.75, 3.05) is 12.9 Å². The minimum atomic E-state index is -3.94. The van der Waals surface area contributed by atoms with Gasteiger partial charge in [0.2, 0.25) is 0 Å². The van der Waals surface area contributed by atoms with Crippen molar-refractivity contribution in [3.05, 3.63) is 60.4 Å².